The van der Waals surface area contributed by atoms with Crippen LogP contribution in [0.2, 0.25) is 0 Å². The van der Waals surface area contributed by atoms with Crippen LogP contribution in [0.5, 0.6) is 0 Å². The highest BCUT2D eigenvalue weighted by atomic mass is 16.5. The molecule has 0 amide bonds. The van der Waals surface area contributed by atoms with E-state index in [0.717, 1.165) is 50.4 Å². The van der Waals surface area contributed by atoms with Gasteiger partial charge in [0.25, 0.3) is 0 Å². The molecule has 1 fully saturated rings. The minimum Gasteiger partial charge on any atom is -0.399 e. The molecule has 6 heteroatoms. The number of benzene rings is 1. The maximum Gasteiger partial charge on any atom is 0.135 e. The van der Waals surface area contributed by atoms with Crippen molar-refractivity contribution in [2.75, 3.05) is 38.6 Å². The molecule has 1 aliphatic heterocycles. The van der Waals surface area contributed by atoms with Gasteiger partial charge in [0.05, 0.1) is 24.2 Å². The van der Waals surface area contributed by atoms with Gasteiger partial charge in [-0.15, -0.1) is 0 Å². The maximum atomic E-state index is 9.48. The number of morpholine rings is 1. The van der Waals surface area contributed by atoms with Crippen LogP contribution in [0, 0.1) is 0 Å². The molecule has 0 bridgehead atoms. The predicted molar refractivity (Wildman–Crippen MR) is 77.3 cm³/mol. The van der Waals surface area contributed by atoms with E-state index in [2.05, 4.69) is 14.5 Å². The van der Waals surface area contributed by atoms with Crippen LogP contribution >= 0.6 is 0 Å². The number of nitrogen functional groups attached to an aromatic ring is 1. The third-order valence-electron chi connectivity index (χ3n) is 3.74. The number of aromatic nitrogens is 2. The molecule has 0 spiro atoms. The summed E-state index contributed by atoms with van der Waals surface area (Å²) in [6.45, 7) is 5.23. The molecule has 0 saturated carbocycles. The second kappa shape index (κ2) is 5.78. The summed E-state index contributed by atoms with van der Waals surface area (Å²) in [5, 5.41) is 9.48. The number of anilines is 1. The summed E-state index contributed by atoms with van der Waals surface area (Å²) in [6.07, 6.45) is 0. The molecular formula is C14H20N4O2. The molecule has 2 aromatic rings. The summed E-state index contributed by atoms with van der Waals surface area (Å²) in [6, 6.07) is 5.69. The van der Waals surface area contributed by atoms with Crippen LogP contribution in [0.15, 0.2) is 18.2 Å². The first-order valence-corrected chi connectivity index (χ1v) is 6.93. The van der Waals surface area contributed by atoms with Gasteiger partial charge < -0.3 is 20.1 Å². The van der Waals surface area contributed by atoms with E-state index in [1.807, 2.05) is 18.2 Å². The van der Waals surface area contributed by atoms with Crippen LogP contribution in [-0.4, -0.2) is 52.4 Å². The molecule has 2 heterocycles. The van der Waals surface area contributed by atoms with Gasteiger partial charge >= 0.3 is 0 Å². The second-order valence-electron chi connectivity index (χ2n) is 5.04. The highest BCUT2D eigenvalue weighted by Gasteiger charge is 2.13. The first kappa shape index (κ1) is 13.4. The van der Waals surface area contributed by atoms with Crippen LogP contribution in [0.3, 0.4) is 0 Å². The number of aliphatic hydroxyl groups excluding tert-OH is 1. The summed E-state index contributed by atoms with van der Waals surface area (Å²) in [7, 11) is 0. The van der Waals surface area contributed by atoms with Gasteiger partial charge in [0.1, 0.15) is 12.4 Å². The standard InChI is InChI=1S/C14H20N4O2/c15-11-1-2-13-12(9-11)16-14(10-19)18(13)4-3-17-5-7-20-8-6-17/h1-2,9,19H,3-8,10,15H2. The minimum atomic E-state index is -0.0578. The molecule has 1 aromatic carbocycles. The van der Waals surface area contributed by atoms with E-state index < -0.39 is 0 Å². The highest BCUT2D eigenvalue weighted by Crippen LogP contribution is 2.19. The zero-order valence-corrected chi connectivity index (χ0v) is 11.5. The average molecular weight is 276 g/mol. The number of imidazole rings is 1. The smallest absolute Gasteiger partial charge is 0.135 e. The zero-order chi connectivity index (χ0) is 13.9. The van der Waals surface area contributed by atoms with Gasteiger partial charge in [-0.05, 0) is 18.2 Å². The number of hydrogen-bond donors (Lipinski definition) is 2. The van der Waals surface area contributed by atoms with E-state index in [-0.39, 0.29) is 6.61 Å². The Morgan fingerprint density at radius 3 is 2.80 bits per heavy atom. The van der Waals surface area contributed by atoms with E-state index in [1.165, 1.54) is 0 Å². The molecular weight excluding hydrogens is 256 g/mol. The van der Waals surface area contributed by atoms with Crippen molar-refractivity contribution in [2.45, 2.75) is 13.2 Å². The Bertz CT molecular complexity index is 590. The predicted octanol–water partition coefficient (Wildman–Crippen LogP) is 0.443. The molecule has 1 saturated heterocycles. The number of hydrogen-bond acceptors (Lipinski definition) is 5. The molecule has 108 valence electrons. The van der Waals surface area contributed by atoms with Crippen molar-refractivity contribution < 1.29 is 9.84 Å². The van der Waals surface area contributed by atoms with E-state index in [0.29, 0.717) is 11.5 Å². The van der Waals surface area contributed by atoms with Crippen LogP contribution in [-0.2, 0) is 17.9 Å². The van der Waals surface area contributed by atoms with Crippen LogP contribution in [0.4, 0.5) is 5.69 Å². The van der Waals surface area contributed by atoms with Crippen molar-refractivity contribution in [3.63, 3.8) is 0 Å². The SMILES string of the molecule is Nc1ccc2c(c1)nc(CO)n2CCN1CCOCC1. The maximum absolute atomic E-state index is 9.48. The summed E-state index contributed by atoms with van der Waals surface area (Å²) in [4.78, 5) is 6.81. The van der Waals surface area contributed by atoms with Gasteiger partial charge in [0.15, 0.2) is 0 Å². The third-order valence-corrected chi connectivity index (χ3v) is 3.74. The quantitative estimate of drug-likeness (QED) is 0.793. The van der Waals surface area contributed by atoms with Gasteiger partial charge in [-0.3, -0.25) is 4.90 Å². The normalized spacial score (nSPS) is 16.9. The molecule has 6 nitrogen and oxygen atoms in total. The number of ether oxygens (including phenoxy) is 1. The number of fused-ring (bicyclic) bond motifs is 1. The van der Waals surface area contributed by atoms with E-state index in [9.17, 15) is 5.11 Å². The molecule has 0 unspecified atom stereocenters. The fraction of sp³-hybridized carbons (Fsp3) is 0.500. The summed E-state index contributed by atoms with van der Waals surface area (Å²) < 4.78 is 7.42. The Morgan fingerprint density at radius 1 is 1.25 bits per heavy atom. The van der Waals surface area contributed by atoms with Crippen molar-refractivity contribution in [1.82, 2.24) is 14.5 Å². The second-order valence-corrected chi connectivity index (χ2v) is 5.04. The topological polar surface area (TPSA) is 76.5 Å². The molecule has 1 aromatic heterocycles. The number of rotatable bonds is 4. The van der Waals surface area contributed by atoms with Crippen LogP contribution in [0.25, 0.3) is 11.0 Å². The minimum absolute atomic E-state index is 0.0578. The summed E-state index contributed by atoms with van der Waals surface area (Å²) >= 11 is 0. The summed E-state index contributed by atoms with van der Waals surface area (Å²) in [5.74, 6) is 0.693. The van der Waals surface area contributed by atoms with Gasteiger partial charge in [-0.25, -0.2) is 4.98 Å². The first-order chi connectivity index (χ1) is 9.78. The summed E-state index contributed by atoms with van der Waals surface area (Å²) in [5.41, 5.74) is 8.34. The van der Waals surface area contributed by atoms with Crippen LogP contribution in [0.1, 0.15) is 5.82 Å². The molecule has 0 atom stereocenters. The van der Waals surface area contributed by atoms with Crippen LogP contribution < -0.4 is 5.73 Å². The van der Waals surface area contributed by atoms with Gasteiger partial charge in [-0.1, -0.05) is 0 Å². The molecule has 20 heavy (non-hydrogen) atoms. The largest absolute Gasteiger partial charge is 0.399 e. The Hall–Kier alpha value is -1.63. The van der Waals surface area contributed by atoms with Gasteiger partial charge in [0, 0.05) is 31.9 Å². The lowest BCUT2D eigenvalue weighted by Crippen LogP contribution is -2.38. The van der Waals surface area contributed by atoms with Crippen molar-refractivity contribution >= 4 is 16.7 Å². The molecule has 0 aliphatic carbocycles. The lowest BCUT2D eigenvalue weighted by molar-refractivity contribution is 0.0363. The van der Waals surface area contributed by atoms with Crippen molar-refractivity contribution in [3.8, 4) is 0 Å². The van der Waals surface area contributed by atoms with E-state index >= 15 is 0 Å². The monoisotopic (exact) mass is 276 g/mol. The lowest BCUT2D eigenvalue weighted by atomic mass is 10.3. The van der Waals surface area contributed by atoms with Crippen molar-refractivity contribution in [2.24, 2.45) is 0 Å². The Labute approximate surface area is 117 Å². The van der Waals surface area contributed by atoms with Gasteiger partial charge in [0.2, 0.25) is 0 Å². The number of aliphatic hydroxyl groups is 1. The van der Waals surface area contributed by atoms with Crippen molar-refractivity contribution in [1.29, 1.82) is 0 Å². The van der Waals surface area contributed by atoms with Crippen molar-refractivity contribution in [3.05, 3.63) is 24.0 Å². The van der Waals surface area contributed by atoms with E-state index in [4.69, 9.17) is 10.5 Å². The number of nitrogens with zero attached hydrogens (tertiary/aromatic N) is 3. The Balaban J connectivity index is 1.81. The molecule has 3 N–H and O–H groups in total. The third kappa shape index (κ3) is 2.63. The molecule has 3 rings (SSSR count). The Morgan fingerprint density at radius 2 is 2.05 bits per heavy atom. The fourth-order valence-corrected chi connectivity index (χ4v) is 2.63. The van der Waals surface area contributed by atoms with Gasteiger partial charge in [-0.2, -0.15) is 0 Å². The number of nitrogens with two attached hydrogens (primary N) is 1. The molecule has 0 radical (unpaired) electrons. The molecule has 1 aliphatic rings. The first-order valence-electron chi connectivity index (χ1n) is 6.93. The fourth-order valence-electron chi connectivity index (χ4n) is 2.63. The Kier molecular flexibility index (Phi) is 3.86. The zero-order valence-electron chi connectivity index (χ0n) is 11.5. The van der Waals surface area contributed by atoms with E-state index in [1.54, 1.807) is 0 Å². The highest BCUT2D eigenvalue weighted by molar-refractivity contribution is 5.79. The lowest BCUT2D eigenvalue weighted by Gasteiger charge is -2.26. The average Bonchev–Trinajstić information content (AvgIpc) is 2.83.